The first kappa shape index (κ1) is 21.6. The van der Waals surface area contributed by atoms with Gasteiger partial charge in [0.25, 0.3) is 0 Å². The summed E-state index contributed by atoms with van der Waals surface area (Å²) < 4.78 is 22.6. The van der Waals surface area contributed by atoms with E-state index in [1.165, 1.54) is 57.8 Å². The molecule has 0 radical (unpaired) electrons. The van der Waals surface area contributed by atoms with E-state index in [0.717, 1.165) is 18.4 Å². The van der Waals surface area contributed by atoms with Crippen LogP contribution in [0.1, 0.15) is 76.7 Å². The molecule has 1 atom stereocenters. The molecular weight excluding hydrogens is 336 g/mol. The number of rotatable bonds is 13. The second kappa shape index (κ2) is 12.9. The van der Waals surface area contributed by atoms with Crippen LogP contribution in [-0.2, 0) is 17.7 Å². The summed E-state index contributed by atoms with van der Waals surface area (Å²) in [6, 6.07) is 5.94. The van der Waals surface area contributed by atoms with Crippen molar-refractivity contribution < 1.29 is 13.6 Å². The third kappa shape index (κ3) is 9.02. The lowest BCUT2D eigenvalue weighted by Gasteiger charge is -2.22. The van der Waals surface area contributed by atoms with Crippen LogP contribution in [0.3, 0.4) is 0 Å². The Kier molecular flexibility index (Phi) is 11.2. The van der Waals surface area contributed by atoms with Crippen molar-refractivity contribution in [3.8, 4) is 0 Å². The molecule has 2 N–H and O–H groups in total. The molecule has 6 heteroatoms. The number of amides is 2. The van der Waals surface area contributed by atoms with E-state index < -0.39 is 17.3 Å². The Morgan fingerprint density at radius 1 is 0.960 bits per heavy atom. The summed E-state index contributed by atoms with van der Waals surface area (Å²) in [5.41, 5.74) is 6.49. The van der Waals surface area contributed by atoms with Crippen LogP contribution in [0.15, 0.2) is 24.3 Å². The van der Waals surface area contributed by atoms with E-state index in [0.29, 0.717) is 4.31 Å². The summed E-state index contributed by atoms with van der Waals surface area (Å²) in [6.07, 6.45) is 14.0. The van der Waals surface area contributed by atoms with Gasteiger partial charge in [-0.15, -0.1) is 0 Å². The molecule has 1 aromatic carbocycles. The van der Waals surface area contributed by atoms with E-state index in [1.807, 2.05) is 12.1 Å². The number of hydrogen-bond donors (Lipinski definition) is 1. The number of primary amides is 1. The molecule has 2 amide bonds. The van der Waals surface area contributed by atoms with Crippen molar-refractivity contribution in [1.82, 2.24) is 0 Å². The third-order valence-electron chi connectivity index (χ3n) is 4.34. The quantitative estimate of drug-likeness (QED) is 0.400. The number of aryl methyl sites for hydroxylation is 1. The van der Waals surface area contributed by atoms with Gasteiger partial charge in [-0.25, -0.2) is 9.10 Å². The van der Waals surface area contributed by atoms with Crippen LogP contribution in [0.25, 0.3) is 0 Å². The van der Waals surface area contributed by atoms with Crippen molar-refractivity contribution in [3.05, 3.63) is 29.8 Å². The molecule has 0 aliphatic heterocycles. The maximum atomic E-state index is 11.2. The number of carbonyl (C=O) groups is 1. The molecule has 0 saturated heterocycles. The summed E-state index contributed by atoms with van der Waals surface area (Å²) in [4.78, 5) is 11.2. The Balaban J connectivity index is 2.20. The van der Waals surface area contributed by atoms with Gasteiger partial charge in [-0.05, 0) is 30.5 Å². The molecular formula is C19H31N2O3S-. The first-order valence-corrected chi connectivity index (χ1v) is 10.4. The zero-order chi connectivity index (χ0) is 18.5. The number of carbonyl (C=O) groups excluding carboxylic acids is 1. The maximum absolute atomic E-state index is 11.2. The van der Waals surface area contributed by atoms with Gasteiger partial charge in [-0.3, -0.25) is 4.21 Å². The fourth-order valence-corrected chi connectivity index (χ4v) is 3.34. The Bertz CT molecular complexity index is 506. The lowest BCUT2D eigenvalue weighted by Crippen LogP contribution is -2.37. The highest BCUT2D eigenvalue weighted by atomic mass is 32.2. The molecule has 1 rings (SSSR count). The molecule has 1 aromatic rings. The monoisotopic (exact) mass is 367 g/mol. The highest BCUT2D eigenvalue weighted by Gasteiger charge is 2.12. The van der Waals surface area contributed by atoms with Gasteiger partial charge in [0.05, 0.1) is 17.0 Å². The second-order valence-electron chi connectivity index (χ2n) is 6.45. The number of urea groups is 1. The van der Waals surface area contributed by atoms with E-state index in [1.54, 1.807) is 12.1 Å². The highest BCUT2D eigenvalue weighted by molar-refractivity contribution is 7.81. The molecule has 0 heterocycles. The first-order chi connectivity index (χ1) is 12.1. The Labute approximate surface area is 154 Å². The van der Waals surface area contributed by atoms with Crippen molar-refractivity contribution in [1.29, 1.82) is 0 Å². The van der Waals surface area contributed by atoms with E-state index in [4.69, 9.17) is 5.73 Å². The van der Waals surface area contributed by atoms with Gasteiger partial charge in [-0.1, -0.05) is 76.8 Å². The SMILES string of the molecule is CCCCCCCCCCCCc1ccc(N(C(N)=O)S(=O)[O-])cc1. The summed E-state index contributed by atoms with van der Waals surface area (Å²) in [5.74, 6) is 0. The molecule has 142 valence electrons. The van der Waals surface area contributed by atoms with Crippen LogP contribution in [0.5, 0.6) is 0 Å². The maximum Gasteiger partial charge on any atom is 0.330 e. The lowest BCUT2D eigenvalue weighted by atomic mass is 10.0. The molecule has 25 heavy (non-hydrogen) atoms. The number of hydrogen-bond acceptors (Lipinski definition) is 3. The van der Waals surface area contributed by atoms with Crippen molar-refractivity contribution in [2.24, 2.45) is 5.73 Å². The van der Waals surface area contributed by atoms with Gasteiger partial charge < -0.3 is 10.3 Å². The zero-order valence-corrected chi connectivity index (χ0v) is 16.1. The predicted octanol–water partition coefficient (Wildman–Crippen LogP) is 4.83. The Morgan fingerprint density at radius 3 is 1.88 bits per heavy atom. The summed E-state index contributed by atoms with van der Waals surface area (Å²) in [5, 5.41) is 0. The largest absolute Gasteiger partial charge is 0.755 e. The fourth-order valence-electron chi connectivity index (χ4n) is 2.90. The van der Waals surface area contributed by atoms with Crippen LogP contribution in [0, 0.1) is 0 Å². The minimum Gasteiger partial charge on any atom is -0.755 e. The number of nitrogens with two attached hydrogens (primary N) is 1. The number of benzene rings is 1. The highest BCUT2D eigenvalue weighted by Crippen LogP contribution is 2.18. The average molecular weight is 368 g/mol. The number of nitrogens with zero attached hydrogens (tertiary/aromatic N) is 1. The van der Waals surface area contributed by atoms with Crippen molar-refractivity contribution in [2.45, 2.75) is 77.6 Å². The van der Waals surface area contributed by atoms with Crippen LogP contribution in [0.4, 0.5) is 10.5 Å². The van der Waals surface area contributed by atoms with Gasteiger partial charge in [0, 0.05) is 0 Å². The first-order valence-electron chi connectivity index (χ1n) is 9.34. The Hall–Kier alpha value is -1.40. The summed E-state index contributed by atoms with van der Waals surface area (Å²) in [7, 11) is 0. The number of unbranched alkanes of at least 4 members (excludes halogenated alkanes) is 9. The van der Waals surface area contributed by atoms with Gasteiger partial charge in [0.1, 0.15) is 0 Å². The van der Waals surface area contributed by atoms with Crippen LogP contribution in [-0.4, -0.2) is 14.8 Å². The predicted molar refractivity (Wildman–Crippen MR) is 103 cm³/mol. The van der Waals surface area contributed by atoms with Crippen LogP contribution in [0.2, 0.25) is 0 Å². The molecule has 0 spiro atoms. The molecule has 1 unspecified atom stereocenters. The van der Waals surface area contributed by atoms with Crippen molar-refractivity contribution in [2.75, 3.05) is 4.31 Å². The van der Waals surface area contributed by atoms with E-state index in [9.17, 15) is 13.6 Å². The second-order valence-corrected chi connectivity index (χ2v) is 7.25. The van der Waals surface area contributed by atoms with Gasteiger partial charge in [0.2, 0.25) is 0 Å². The topological polar surface area (TPSA) is 86.5 Å². The van der Waals surface area contributed by atoms with Crippen LogP contribution < -0.4 is 10.0 Å². The molecule has 0 saturated carbocycles. The third-order valence-corrected chi connectivity index (χ3v) is 5.03. The van der Waals surface area contributed by atoms with Crippen LogP contribution >= 0.6 is 0 Å². The zero-order valence-electron chi connectivity index (χ0n) is 15.2. The average Bonchev–Trinajstić information content (AvgIpc) is 2.57. The standard InChI is InChI=1S/C19H32N2O3S/c1-2-3-4-5-6-7-8-9-10-11-12-17-13-15-18(16-14-17)21(19(20)22)25(23)24/h13-16H,2-12H2,1H3,(H2,20,22)(H,23,24)/p-1. The Morgan fingerprint density at radius 2 is 1.44 bits per heavy atom. The summed E-state index contributed by atoms with van der Waals surface area (Å²) >= 11 is -2.70. The van der Waals surface area contributed by atoms with E-state index >= 15 is 0 Å². The normalized spacial score (nSPS) is 12.1. The van der Waals surface area contributed by atoms with Crippen molar-refractivity contribution >= 4 is 23.0 Å². The van der Waals surface area contributed by atoms with Gasteiger partial charge in [0.15, 0.2) is 0 Å². The smallest absolute Gasteiger partial charge is 0.330 e. The number of anilines is 1. The molecule has 0 fully saturated rings. The molecule has 0 aliphatic rings. The molecule has 0 bridgehead atoms. The van der Waals surface area contributed by atoms with E-state index in [-0.39, 0.29) is 5.69 Å². The van der Waals surface area contributed by atoms with Crippen molar-refractivity contribution in [3.63, 3.8) is 0 Å². The fraction of sp³-hybridized carbons (Fsp3) is 0.632. The minimum absolute atomic E-state index is 0.271. The van der Waals surface area contributed by atoms with Gasteiger partial charge >= 0.3 is 6.03 Å². The molecule has 5 nitrogen and oxygen atoms in total. The molecule has 0 aliphatic carbocycles. The van der Waals surface area contributed by atoms with Gasteiger partial charge in [-0.2, -0.15) is 0 Å². The van der Waals surface area contributed by atoms with E-state index in [2.05, 4.69) is 6.92 Å². The molecule has 0 aromatic heterocycles. The summed E-state index contributed by atoms with van der Waals surface area (Å²) in [6.45, 7) is 2.24. The minimum atomic E-state index is -2.70. The lowest BCUT2D eigenvalue weighted by molar-refractivity contribution is 0.256.